The van der Waals surface area contributed by atoms with E-state index in [0.717, 1.165) is 17.8 Å². The van der Waals surface area contributed by atoms with Crippen molar-refractivity contribution in [2.75, 3.05) is 0 Å². The van der Waals surface area contributed by atoms with Gasteiger partial charge >= 0.3 is 0 Å². The van der Waals surface area contributed by atoms with Crippen molar-refractivity contribution in [2.24, 2.45) is 0 Å². The third-order valence-electron chi connectivity index (χ3n) is 3.99. The summed E-state index contributed by atoms with van der Waals surface area (Å²) in [5, 5.41) is 2.55. The molecule has 0 spiro atoms. The molecule has 2 heteroatoms. The highest BCUT2D eigenvalue weighted by molar-refractivity contribution is 5.91. The fourth-order valence-corrected chi connectivity index (χ4v) is 2.74. The maximum atomic E-state index is 4.83. The number of nitrogens with zero attached hydrogens (tertiary/aromatic N) is 1. The van der Waals surface area contributed by atoms with Crippen LogP contribution < -0.4 is 6.15 Å². The Morgan fingerprint density at radius 1 is 0.857 bits per heavy atom. The molecule has 0 saturated heterocycles. The molecule has 1 heterocycles. The molecule has 0 saturated carbocycles. The van der Waals surface area contributed by atoms with Gasteiger partial charge in [0.15, 0.2) is 0 Å². The molecular formula is C19H22N2. The third kappa shape index (κ3) is 2.67. The molecule has 3 N–H and O–H groups in total. The second-order valence-corrected chi connectivity index (χ2v) is 5.27. The zero-order valence-electron chi connectivity index (χ0n) is 13.0. The minimum absolute atomic E-state index is 0. The summed E-state index contributed by atoms with van der Waals surface area (Å²) in [5.74, 6) is 0. The van der Waals surface area contributed by atoms with Crippen LogP contribution in [-0.4, -0.2) is 4.98 Å². The number of fused-ring (bicyclic) bond motifs is 1. The zero-order valence-corrected chi connectivity index (χ0v) is 13.0. The topological polar surface area (TPSA) is 47.9 Å². The second kappa shape index (κ2) is 6.06. The lowest BCUT2D eigenvalue weighted by molar-refractivity contribution is 1.14. The van der Waals surface area contributed by atoms with Gasteiger partial charge in [0.25, 0.3) is 0 Å². The van der Waals surface area contributed by atoms with E-state index in [1.54, 1.807) is 0 Å². The molecule has 1 aromatic heterocycles. The molecule has 0 bridgehead atoms. The van der Waals surface area contributed by atoms with Crippen molar-refractivity contribution in [2.45, 2.75) is 27.2 Å². The van der Waals surface area contributed by atoms with Crippen molar-refractivity contribution in [1.29, 1.82) is 0 Å². The first-order chi connectivity index (χ1) is 9.70. The van der Waals surface area contributed by atoms with E-state index in [4.69, 9.17) is 4.98 Å². The number of hydrogen-bond donors (Lipinski definition) is 1. The Bertz CT molecular complexity index is 758. The number of aryl methyl sites for hydroxylation is 3. The number of aromatic nitrogens is 1. The van der Waals surface area contributed by atoms with Crippen molar-refractivity contribution in [3.63, 3.8) is 0 Å². The average molecular weight is 278 g/mol. The first-order valence-corrected chi connectivity index (χ1v) is 7.16. The van der Waals surface area contributed by atoms with E-state index in [2.05, 4.69) is 69.3 Å². The van der Waals surface area contributed by atoms with Crippen LogP contribution in [0.25, 0.3) is 22.0 Å². The van der Waals surface area contributed by atoms with E-state index >= 15 is 0 Å². The van der Waals surface area contributed by atoms with Crippen LogP contribution in [0, 0.1) is 13.8 Å². The molecule has 0 aliphatic rings. The quantitative estimate of drug-likeness (QED) is 0.696. The minimum atomic E-state index is 0. The summed E-state index contributed by atoms with van der Waals surface area (Å²) in [6.45, 7) is 6.43. The monoisotopic (exact) mass is 278 g/mol. The molecule has 3 aromatic rings. The lowest BCUT2D eigenvalue weighted by Crippen LogP contribution is -1.94. The molecule has 21 heavy (non-hydrogen) atoms. The van der Waals surface area contributed by atoms with E-state index in [0.29, 0.717) is 0 Å². The highest BCUT2D eigenvalue weighted by Crippen LogP contribution is 2.29. The summed E-state index contributed by atoms with van der Waals surface area (Å²) in [6, 6.07) is 17.3. The van der Waals surface area contributed by atoms with Crippen molar-refractivity contribution in [3.8, 4) is 11.3 Å². The van der Waals surface area contributed by atoms with Crippen LogP contribution in [0.5, 0.6) is 0 Å². The molecule has 0 aliphatic heterocycles. The van der Waals surface area contributed by atoms with Gasteiger partial charge in [-0.15, -0.1) is 0 Å². The lowest BCUT2D eigenvalue weighted by Gasteiger charge is -2.12. The van der Waals surface area contributed by atoms with Gasteiger partial charge in [-0.1, -0.05) is 55.5 Å². The minimum Gasteiger partial charge on any atom is -0.344 e. The van der Waals surface area contributed by atoms with Crippen molar-refractivity contribution < 1.29 is 0 Å². The van der Waals surface area contributed by atoms with Gasteiger partial charge in [0, 0.05) is 16.6 Å². The number of hydrogen-bond acceptors (Lipinski definition) is 2. The van der Waals surface area contributed by atoms with Gasteiger partial charge in [-0.3, -0.25) is 4.98 Å². The Kier molecular flexibility index (Phi) is 4.39. The van der Waals surface area contributed by atoms with E-state index in [-0.39, 0.29) is 6.15 Å². The zero-order chi connectivity index (χ0) is 14.1. The summed E-state index contributed by atoms with van der Waals surface area (Å²) >= 11 is 0. The molecule has 0 fully saturated rings. The van der Waals surface area contributed by atoms with Crippen LogP contribution in [0.4, 0.5) is 0 Å². The molecule has 0 radical (unpaired) electrons. The van der Waals surface area contributed by atoms with Crippen LogP contribution in [0.2, 0.25) is 0 Å². The Morgan fingerprint density at radius 3 is 2.10 bits per heavy atom. The average Bonchev–Trinajstić information content (AvgIpc) is 2.51. The summed E-state index contributed by atoms with van der Waals surface area (Å²) < 4.78 is 0. The highest BCUT2D eigenvalue weighted by atomic mass is 14.7. The van der Waals surface area contributed by atoms with Crippen molar-refractivity contribution in [3.05, 3.63) is 65.4 Å². The van der Waals surface area contributed by atoms with Gasteiger partial charge in [-0.05, 0) is 36.8 Å². The summed E-state index contributed by atoms with van der Waals surface area (Å²) in [4.78, 5) is 4.83. The maximum Gasteiger partial charge on any atom is 0.0740 e. The largest absolute Gasteiger partial charge is 0.344 e. The SMILES string of the molecule is CCc1ccc(-c2nc(C)c3ccccc3c2C)cc1.N. The smallest absolute Gasteiger partial charge is 0.0740 e. The molecule has 108 valence electrons. The molecule has 0 amide bonds. The molecule has 0 aliphatic carbocycles. The van der Waals surface area contributed by atoms with Gasteiger partial charge < -0.3 is 6.15 Å². The van der Waals surface area contributed by atoms with E-state index in [1.807, 2.05) is 0 Å². The summed E-state index contributed by atoms with van der Waals surface area (Å²) in [7, 11) is 0. The van der Waals surface area contributed by atoms with Crippen LogP contribution in [0.15, 0.2) is 48.5 Å². The second-order valence-electron chi connectivity index (χ2n) is 5.27. The first kappa shape index (κ1) is 15.2. The predicted molar refractivity (Wildman–Crippen MR) is 91.1 cm³/mol. The van der Waals surface area contributed by atoms with Gasteiger partial charge in [0.1, 0.15) is 0 Å². The van der Waals surface area contributed by atoms with E-state index in [9.17, 15) is 0 Å². The van der Waals surface area contributed by atoms with Crippen LogP contribution in [0.3, 0.4) is 0 Å². The first-order valence-electron chi connectivity index (χ1n) is 7.16. The fraction of sp³-hybridized carbons (Fsp3) is 0.211. The predicted octanol–water partition coefficient (Wildman–Crippen LogP) is 5.24. The van der Waals surface area contributed by atoms with Gasteiger partial charge in [-0.25, -0.2) is 0 Å². The third-order valence-corrected chi connectivity index (χ3v) is 3.99. The molecule has 3 rings (SSSR count). The molecule has 0 unspecified atom stereocenters. The van der Waals surface area contributed by atoms with Crippen molar-refractivity contribution >= 4 is 10.8 Å². The normalized spacial score (nSPS) is 10.4. The van der Waals surface area contributed by atoms with Gasteiger partial charge in [0.2, 0.25) is 0 Å². The highest BCUT2D eigenvalue weighted by Gasteiger charge is 2.09. The fourth-order valence-electron chi connectivity index (χ4n) is 2.74. The Morgan fingerprint density at radius 2 is 1.48 bits per heavy atom. The Labute approximate surface area is 126 Å². The molecule has 2 aromatic carbocycles. The number of pyridine rings is 1. The Hall–Kier alpha value is -2.19. The van der Waals surface area contributed by atoms with Crippen LogP contribution in [-0.2, 0) is 6.42 Å². The molecular weight excluding hydrogens is 256 g/mol. The summed E-state index contributed by atoms with van der Waals surface area (Å²) in [5.41, 5.74) is 6.03. The Balaban J connectivity index is 0.00000161. The maximum absolute atomic E-state index is 4.83. The van der Waals surface area contributed by atoms with E-state index in [1.165, 1.54) is 27.5 Å². The standard InChI is InChI=1S/C19H19N.H3N/c1-4-15-9-11-16(12-10-15)19-13(2)17-7-5-6-8-18(17)14(3)20-19;/h5-12H,4H2,1-3H3;1H3. The molecule has 2 nitrogen and oxygen atoms in total. The van der Waals surface area contributed by atoms with Crippen LogP contribution >= 0.6 is 0 Å². The van der Waals surface area contributed by atoms with E-state index < -0.39 is 0 Å². The van der Waals surface area contributed by atoms with Crippen LogP contribution in [0.1, 0.15) is 23.7 Å². The van der Waals surface area contributed by atoms with Gasteiger partial charge in [-0.2, -0.15) is 0 Å². The molecule has 0 atom stereocenters. The van der Waals surface area contributed by atoms with Gasteiger partial charge in [0.05, 0.1) is 5.69 Å². The number of rotatable bonds is 2. The van der Waals surface area contributed by atoms with Crippen molar-refractivity contribution in [1.82, 2.24) is 11.1 Å². The lowest BCUT2D eigenvalue weighted by atomic mass is 9.98. The summed E-state index contributed by atoms with van der Waals surface area (Å²) in [6.07, 6.45) is 1.07. The number of benzene rings is 2.